The molecule has 0 aliphatic carbocycles. The summed E-state index contributed by atoms with van der Waals surface area (Å²) in [6.45, 7) is 3.44. The van der Waals surface area contributed by atoms with Gasteiger partial charge in [0.25, 0.3) is 0 Å². The number of rotatable bonds is 13. The molecule has 20 heavy (non-hydrogen) atoms. The molecule has 0 aliphatic rings. The van der Waals surface area contributed by atoms with Crippen molar-refractivity contribution >= 4 is 11.8 Å². The molecule has 0 atom stereocenters. The largest absolute Gasteiger partial charge is 0.396 e. The molecular weight excluding hydrogens is 278 g/mol. The van der Waals surface area contributed by atoms with Crippen molar-refractivity contribution in [1.82, 2.24) is 25.5 Å². The smallest absolute Gasteiger partial charge is 0.209 e. The Hall–Kier alpha value is -0.700. The van der Waals surface area contributed by atoms with Crippen LogP contribution in [-0.4, -0.2) is 64.5 Å². The minimum atomic E-state index is 0.293. The van der Waals surface area contributed by atoms with E-state index in [1.54, 1.807) is 18.9 Å². The number of tetrazole rings is 1. The average molecular weight is 303 g/mol. The Bertz CT molecular complexity index is 337. The maximum atomic E-state index is 8.70. The van der Waals surface area contributed by atoms with E-state index in [0.717, 1.165) is 56.2 Å². The van der Waals surface area contributed by atoms with Crippen molar-refractivity contribution in [3.8, 4) is 0 Å². The van der Waals surface area contributed by atoms with Crippen LogP contribution in [0.4, 0.5) is 0 Å². The zero-order valence-corrected chi connectivity index (χ0v) is 12.9. The van der Waals surface area contributed by atoms with Gasteiger partial charge in [0, 0.05) is 32.6 Å². The molecular formula is C12H25N5O2S. The first-order valence-electron chi connectivity index (χ1n) is 7.08. The molecule has 0 fully saturated rings. The molecule has 0 amide bonds. The van der Waals surface area contributed by atoms with Crippen LogP contribution in [0.3, 0.4) is 0 Å². The third-order valence-electron chi connectivity index (χ3n) is 2.77. The van der Waals surface area contributed by atoms with Crippen LogP contribution in [0.1, 0.15) is 25.7 Å². The van der Waals surface area contributed by atoms with Gasteiger partial charge in [-0.15, -0.1) is 5.10 Å². The molecule has 116 valence electrons. The van der Waals surface area contributed by atoms with Gasteiger partial charge in [0.2, 0.25) is 5.16 Å². The van der Waals surface area contributed by atoms with Crippen molar-refractivity contribution in [3.63, 3.8) is 0 Å². The SMILES string of the molecule is COCCNCCn1nnnc1SCCCCCCO. The number of aliphatic hydroxyl groups excluding tert-OH is 1. The lowest BCUT2D eigenvalue weighted by molar-refractivity contribution is 0.199. The fraction of sp³-hybridized carbons (Fsp3) is 0.917. The molecule has 0 aliphatic heterocycles. The van der Waals surface area contributed by atoms with E-state index in [-0.39, 0.29) is 0 Å². The number of aliphatic hydroxyl groups is 1. The topological polar surface area (TPSA) is 85.1 Å². The summed E-state index contributed by atoms with van der Waals surface area (Å²) in [7, 11) is 1.69. The third kappa shape index (κ3) is 7.78. The predicted molar refractivity (Wildman–Crippen MR) is 78.8 cm³/mol. The summed E-state index contributed by atoms with van der Waals surface area (Å²) >= 11 is 1.69. The van der Waals surface area contributed by atoms with Gasteiger partial charge in [-0.3, -0.25) is 0 Å². The molecule has 7 nitrogen and oxygen atoms in total. The summed E-state index contributed by atoms with van der Waals surface area (Å²) in [4.78, 5) is 0. The average Bonchev–Trinajstić information content (AvgIpc) is 2.90. The van der Waals surface area contributed by atoms with Crippen molar-refractivity contribution in [2.24, 2.45) is 0 Å². The Morgan fingerprint density at radius 3 is 2.90 bits per heavy atom. The molecule has 8 heteroatoms. The number of unbranched alkanes of at least 4 members (excludes halogenated alkanes) is 3. The molecule has 2 N–H and O–H groups in total. The lowest BCUT2D eigenvalue weighted by Gasteiger charge is -2.05. The molecule has 1 rings (SSSR count). The van der Waals surface area contributed by atoms with Crippen LogP contribution in [0.15, 0.2) is 5.16 Å². The van der Waals surface area contributed by atoms with E-state index in [9.17, 15) is 0 Å². The summed E-state index contributed by atoms with van der Waals surface area (Å²) in [5, 5.41) is 24.6. The van der Waals surface area contributed by atoms with Crippen molar-refractivity contribution < 1.29 is 9.84 Å². The minimum absolute atomic E-state index is 0.293. The van der Waals surface area contributed by atoms with Gasteiger partial charge >= 0.3 is 0 Å². The highest BCUT2D eigenvalue weighted by atomic mass is 32.2. The van der Waals surface area contributed by atoms with Gasteiger partial charge in [0.05, 0.1) is 13.2 Å². The Balaban J connectivity index is 2.11. The third-order valence-corrected chi connectivity index (χ3v) is 3.81. The maximum Gasteiger partial charge on any atom is 0.209 e. The van der Waals surface area contributed by atoms with Gasteiger partial charge in [-0.25, -0.2) is 4.68 Å². The number of hydrogen-bond acceptors (Lipinski definition) is 7. The molecule has 0 radical (unpaired) electrons. The molecule has 1 aromatic rings. The van der Waals surface area contributed by atoms with Crippen molar-refractivity contribution in [1.29, 1.82) is 0 Å². The first kappa shape index (κ1) is 17.4. The zero-order chi connectivity index (χ0) is 14.5. The first-order chi connectivity index (χ1) is 9.88. The second-order valence-electron chi connectivity index (χ2n) is 4.41. The standard InChI is InChI=1S/C12H25N5O2S/c1-19-10-7-13-6-8-17-12(14-15-16-17)20-11-5-3-2-4-9-18/h13,18H,2-11H2,1H3. The highest BCUT2D eigenvalue weighted by Gasteiger charge is 2.05. The van der Waals surface area contributed by atoms with Gasteiger partial charge in [-0.05, 0) is 23.3 Å². The van der Waals surface area contributed by atoms with Crippen LogP contribution in [0.5, 0.6) is 0 Å². The Kier molecular flexibility index (Phi) is 10.5. The van der Waals surface area contributed by atoms with E-state index in [4.69, 9.17) is 9.84 Å². The molecule has 0 spiro atoms. The van der Waals surface area contributed by atoms with Gasteiger partial charge < -0.3 is 15.2 Å². The Morgan fingerprint density at radius 2 is 2.10 bits per heavy atom. The molecule has 0 bridgehead atoms. The summed E-state index contributed by atoms with van der Waals surface area (Å²) < 4.78 is 6.80. The lowest BCUT2D eigenvalue weighted by atomic mass is 10.2. The molecule has 1 aromatic heterocycles. The van der Waals surface area contributed by atoms with E-state index in [1.165, 1.54) is 0 Å². The van der Waals surface area contributed by atoms with E-state index in [0.29, 0.717) is 13.2 Å². The number of aromatic nitrogens is 4. The van der Waals surface area contributed by atoms with Crippen molar-refractivity contribution in [2.45, 2.75) is 37.4 Å². The van der Waals surface area contributed by atoms with Gasteiger partial charge in [0.1, 0.15) is 0 Å². The predicted octanol–water partition coefficient (Wildman–Crippen LogP) is 0.554. The van der Waals surface area contributed by atoms with E-state index in [2.05, 4.69) is 20.8 Å². The zero-order valence-electron chi connectivity index (χ0n) is 12.1. The number of ether oxygens (including phenoxy) is 1. The highest BCUT2D eigenvalue weighted by molar-refractivity contribution is 7.99. The number of hydrogen-bond donors (Lipinski definition) is 2. The van der Waals surface area contributed by atoms with Crippen LogP contribution < -0.4 is 5.32 Å². The normalized spacial score (nSPS) is 11.1. The second-order valence-corrected chi connectivity index (χ2v) is 5.48. The molecule has 0 unspecified atom stereocenters. The fourth-order valence-corrected chi connectivity index (χ4v) is 2.56. The molecule has 0 saturated carbocycles. The van der Waals surface area contributed by atoms with Crippen LogP contribution in [0.25, 0.3) is 0 Å². The van der Waals surface area contributed by atoms with Gasteiger partial charge in [-0.2, -0.15) is 0 Å². The molecule has 0 saturated heterocycles. The number of methoxy groups -OCH3 is 1. The minimum Gasteiger partial charge on any atom is -0.396 e. The fourth-order valence-electron chi connectivity index (χ4n) is 1.66. The number of thioether (sulfide) groups is 1. The number of nitrogens with zero attached hydrogens (tertiary/aromatic N) is 4. The number of nitrogens with one attached hydrogen (secondary N) is 1. The summed E-state index contributed by atoms with van der Waals surface area (Å²) in [6.07, 6.45) is 4.26. The molecule has 1 heterocycles. The van der Waals surface area contributed by atoms with Crippen molar-refractivity contribution in [2.75, 3.05) is 39.2 Å². The first-order valence-corrected chi connectivity index (χ1v) is 8.06. The van der Waals surface area contributed by atoms with E-state index in [1.807, 2.05) is 4.68 Å². The van der Waals surface area contributed by atoms with E-state index < -0.39 is 0 Å². The van der Waals surface area contributed by atoms with Crippen molar-refractivity contribution in [3.05, 3.63) is 0 Å². The Labute approximate surface area is 124 Å². The molecule has 0 aromatic carbocycles. The van der Waals surface area contributed by atoms with Crippen LogP contribution in [0.2, 0.25) is 0 Å². The summed E-state index contributed by atoms with van der Waals surface area (Å²) in [5.74, 6) is 1.02. The lowest BCUT2D eigenvalue weighted by Crippen LogP contribution is -2.24. The Morgan fingerprint density at radius 1 is 1.25 bits per heavy atom. The summed E-state index contributed by atoms with van der Waals surface area (Å²) in [5.41, 5.74) is 0. The van der Waals surface area contributed by atoms with Crippen LogP contribution in [0, 0.1) is 0 Å². The van der Waals surface area contributed by atoms with Crippen LogP contribution >= 0.6 is 11.8 Å². The second kappa shape index (κ2) is 12.1. The van der Waals surface area contributed by atoms with Crippen LogP contribution in [-0.2, 0) is 11.3 Å². The quantitative estimate of drug-likeness (QED) is 0.407. The van der Waals surface area contributed by atoms with Gasteiger partial charge in [-0.1, -0.05) is 24.6 Å². The van der Waals surface area contributed by atoms with Gasteiger partial charge in [0.15, 0.2) is 0 Å². The summed E-state index contributed by atoms with van der Waals surface area (Å²) in [6, 6.07) is 0. The highest BCUT2D eigenvalue weighted by Crippen LogP contribution is 2.16. The van der Waals surface area contributed by atoms with E-state index >= 15 is 0 Å². The maximum absolute atomic E-state index is 8.70. The monoisotopic (exact) mass is 303 g/mol.